The van der Waals surface area contributed by atoms with E-state index in [1.807, 2.05) is 75.1 Å². The summed E-state index contributed by atoms with van der Waals surface area (Å²) < 4.78 is 28.9. The number of carbonyl (C=O) groups excluding carboxylic acids is 2. The number of rotatable bonds is 13. The fourth-order valence-corrected chi connectivity index (χ4v) is 7.62. The number of nitrogens with one attached hydrogen (secondary N) is 1. The molecule has 4 aromatic carbocycles. The van der Waals surface area contributed by atoms with Crippen molar-refractivity contribution >= 4 is 65.1 Å². The molecule has 0 spiro atoms. The first-order chi connectivity index (χ1) is 28.0. The molecule has 298 valence electrons. The Bertz CT molecular complexity index is 2370. The predicted octanol–water partition coefficient (Wildman–Crippen LogP) is 8.58. The third-order valence-corrected chi connectivity index (χ3v) is 10.5. The second-order valence-electron chi connectivity index (χ2n) is 14.9. The smallest absolute Gasteiger partial charge is 0.260 e. The van der Waals surface area contributed by atoms with Crippen molar-refractivity contribution in [1.29, 1.82) is 0 Å². The van der Waals surface area contributed by atoms with Crippen molar-refractivity contribution in [2.24, 2.45) is 9.98 Å². The number of thiol groups is 1. The third-order valence-electron chi connectivity index (χ3n) is 10.4. The van der Waals surface area contributed by atoms with Crippen LogP contribution in [0, 0.1) is 0 Å². The highest BCUT2D eigenvalue weighted by Crippen LogP contribution is 2.42. The second-order valence-corrected chi connectivity index (χ2v) is 16.0. The number of amides is 2. The molecule has 58 heavy (non-hydrogen) atoms. The maximum atomic E-state index is 13.9. The van der Waals surface area contributed by atoms with Crippen LogP contribution in [0.15, 0.2) is 95.2 Å². The number of fused-ring (bicyclic) bond motifs is 4. The van der Waals surface area contributed by atoms with Gasteiger partial charge in [0.25, 0.3) is 11.8 Å². The maximum Gasteiger partial charge on any atom is 0.260 e. The summed E-state index contributed by atoms with van der Waals surface area (Å²) in [6, 6.07) is 22.4. The van der Waals surface area contributed by atoms with E-state index in [-0.39, 0.29) is 28.8 Å². The highest BCUT2D eigenvalue weighted by Gasteiger charge is 2.35. The zero-order chi connectivity index (χ0) is 40.6. The SMILES string of the molecule is COc1ccc(C2=CN3C(=O)c4cc(OC)c(OCCCOc5cc6c(cc5OC)C(=O)N5C=C(c7ccc(NC(C)(C)S)cc7)C[C@H]5C=N6)cc4N=C[C@@H]3C2)cc1. The van der Waals surface area contributed by atoms with Gasteiger partial charge in [-0.3, -0.25) is 19.6 Å². The van der Waals surface area contributed by atoms with Crippen LogP contribution < -0.4 is 29.0 Å². The summed E-state index contributed by atoms with van der Waals surface area (Å²) in [5.41, 5.74) is 7.06. The van der Waals surface area contributed by atoms with Gasteiger partial charge in [0.15, 0.2) is 23.0 Å². The number of benzene rings is 4. The van der Waals surface area contributed by atoms with E-state index < -0.39 is 0 Å². The van der Waals surface area contributed by atoms with Gasteiger partial charge in [0.05, 0.1) is 74.0 Å². The van der Waals surface area contributed by atoms with Crippen molar-refractivity contribution in [2.45, 2.75) is 50.1 Å². The quantitative estimate of drug-likeness (QED) is 0.0784. The van der Waals surface area contributed by atoms with E-state index >= 15 is 0 Å². The Hall–Kier alpha value is -6.21. The maximum absolute atomic E-state index is 13.9. The van der Waals surface area contributed by atoms with Crippen molar-refractivity contribution in [2.75, 3.05) is 39.9 Å². The van der Waals surface area contributed by atoms with Crippen LogP contribution >= 0.6 is 12.6 Å². The molecule has 0 bridgehead atoms. The molecule has 2 amide bonds. The molecule has 2 atom stereocenters. The number of methoxy groups -OCH3 is 3. The first-order valence-corrected chi connectivity index (χ1v) is 19.6. The average molecular weight is 800 g/mol. The molecule has 0 unspecified atom stereocenters. The summed E-state index contributed by atoms with van der Waals surface area (Å²) in [5.74, 6) is 2.28. The van der Waals surface area contributed by atoms with Crippen LogP contribution in [0.4, 0.5) is 17.1 Å². The highest BCUT2D eigenvalue weighted by molar-refractivity contribution is 7.81. The summed E-state index contributed by atoms with van der Waals surface area (Å²) in [4.78, 5) is 40.2. The third kappa shape index (κ3) is 7.86. The van der Waals surface area contributed by atoms with Gasteiger partial charge in [-0.25, -0.2) is 0 Å². The van der Waals surface area contributed by atoms with Crippen molar-refractivity contribution in [3.05, 3.63) is 107 Å². The van der Waals surface area contributed by atoms with Crippen LogP contribution in [0.5, 0.6) is 28.7 Å². The number of hydrogen-bond donors (Lipinski definition) is 2. The Labute approximate surface area is 343 Å². The van der Waals surface area contributed by atoms with Crippen molar-refractivity contribution in [3.63, 3.8) is 0 Å². The molecule has 0 radical (unpaired) electrons. The summed E-state index contributed by atoms with van der Waals surface area (Å²) in [6.07, 6.45) is 9.27. The molecular weight excluding hydrogens is 755 g/mol. The number of nitrogens with zero attached hydrogens (tertiary/aromatic N) is 4. The molecule has 4 heterocycles. The van der Waals surface area contributed by atoms with Crippen LogP contribution in [-0.2, 0) is 0 Å². The number of carbonyl (C=O) groups is 2. The lowest BCUT2D eigenvalue weighted by molar-refractivity contribution is 0.0809. The van der Waals surface area contributed by atoms with E-state index in [1.54, 1.807) is 55.4 Å². The molecule has 0 aromatic heterocycles. The molecule has 0 saturated carbocycles. The van der Waals surface area contributed by atoms with E-state index in [0.29, 0.717) is 78.0 Å². The fraction of sp³-hybridized carbons (Fsp3) is 0.289. The lowest BCUT2D eigenvalue weighted by Gasteiger charge is -2.21. The van der Waals surface area contributed by atoms with Crippen molar-refractivity contribution in [1.82, 2.24) is 9.80 Å². The number of ether oxygens (including phenoxy) is 5. The first kappa shape index (κ1) is 38.7. The Morgan fingerprint density at radius 2 is 1.14 bits per heavy atom. The molecule has 8 rings (SSSR count). The van der Waals surface area contributed by atoms with E-state index in [2.05, 4.69) is 30.1 Å². The summed E-state index contributed by atoms with van der Waals surface area (Å²) >= 11 is 4.56. The normalized spacial score (nSPS) is 18.0. The topological polar surface area (TPSA) is 124 Å². The second kappa shape index (κ2) is 16.0. The molecular formula is C45H45N5O7S. The average Bonchev–Trinajstić information content (AvgIpc) is 3.80. The van der Waals surface area contributed by atoms with Gasteiger partial charge < -0.3 is 38.8 Å². The van der Waals surface area contributed by atoms with Gasteiger partial charge in [-0.05, 0) is 72.5 Å². The Morgan fingerprint density at radius 3 is 1.57 bits per heavy atom. The van der Waals surface area contributed by atoms with Gasteiger partial charge >= 0.3 is 0 Å². The molecule has 13 heteroatoms. The molecule has 0 fully saturated rings. The predicted molar refractivity (Wildman–Crippen MR) is 229 cm³/mol. The standard InChI is InChI=1S/C45H45N5O7S/c1-45(2,58)48-31-11-7-27(8-12-31)29-17-32-23-46-37-21-41(39(54-4)19-35(37)43(51)49(32)25-29)56-15-6-16-57-42-22-38-36(20-40(42)55-5)44(52)50-26-30(18-33(50)24-47-38)28-9-13-34(53-3)14-10-28/h7-14,19-26,32-33,48,58H,6,15-18H2,1-5H3/t32-,33-/m0/s1. The molecule has 4 aliphatic heterocycles. The minimum Gasteiger partial charge on any atom is -0.497 e. The lowest BCUT2D eigenvalue weighted by atomic mass is 10.0. The van der Waals surface area contributed by atoms with Crippen LogP contribution in [0.3, 0.4) is 0 Å². The minimum atomic E-state index is -0.343. The largest absolute Gasteiger partial charge is 0.497 e. The zero-order valence-electron chi connectivity index (χ0n) is 33.0. The Kier molecular flexibility index (Phi) is 10.6. The lowest BCUT2D eigenvalue weighted by Crippen LogP contribution is -2.32. The monoisotopic (exact) mass is 799 g/mol. The molecule has 0 aliphatic carbocycles. The van der Waals surface area contributed by atoms with Crippen molar-refractivity contribution < 1.29 is 33.3 Å². The molecule has 4 aromatic rings. The van der Waals surface area contributed by atoms with Crippen LogP contribution in [-0.4, -0.2) is 85.5 Å². The number of aliphatic imine (C=N–C) groups is 2. The van der Waals surface area contributed by atoms with Crippen LogP contribution in [0.25, 0.3) is 11.1 Å². The summed E-state index contributed by atoms with van der Waals surface area (Å²) in [6.45, 7) is 4.59. The molecule has 4 aliphatic rings. The van der Waals surface area contributed by atoms with Gasteiger partial charge in [-0.1, -0.05) is 24.3 Å². The van der Waals surface area contributed by atoms with Gasteiger partial charge in [0.2, 0.25) is 0 Å². The summed E-state index contributed by atoms with van der Waals surface area (Å²) in [5, 5.41) is 3.35. The van der Waals surface area contributed by atoms with Gasteiger partial charge in [-0.2, -0.15) is 12.6 Å². The molecule has 0 saturated heterocycles. The van der Waals surface area contributed by atoms with Crippen molar-refractivity contribution in [3.8, 4) is 28.7 Å². The van der Waals surface area contributed by atoms with Gasteiger partial charge in [-0.15, -0.1) is 0 Å². The van der Waals surface area contributed by atoms with E-state index in [4.69, 9.17) is 33.7 Å². The van der Waals surface area contributed by atoms with E-state index in [1.165, 1.54) is 0 Å². The molecule has 12 nitrogen and oxygen atoms in total. The Morgan fingerprint density at radius 1 is 0.672 bits per heavy atom. The van der Waals surface area contributed by atoms with E-state index in [9.17, 15) is 9.59 Å². The fourth-order valence-electron chi connectivity index (χ4n) is 7.49. The van der Waals surface area contributed by atoms with Crippen LogP contribution in [0.2, 0.25) is 0 Å². The van der Waals surface area contributed by atoms with Gasteiger partial charge in [0.1, 0.15) is 5.75 Å². The first-order valence-electron chi connectivity index (χ1n) is 19.1. The Balaban J connectivity index is 0.896. The summed E-state index contributed by atoms with van der Waals surface area (Å²) in [7, 11) is 4.73. The zero-order valence-corrected chi connectivity index (χ0v) is 33.9. The number of hydrogen-bond acceptors (Lipinski definition) is 11. The minimum absolute atomic E-state index is 0.156. The van der Waals surface area contributed by atoms with Gasteiger partial charge in [0, 0.05) is 61.9 Å². The highest BCUT2D eigenvalue weighted by atomic mass is 32.1. The van der Waals surface area contributed by atoms with E-state index in [0.717, 1.165) is 33.7 Å². The number of anilines is 1. The van der Waals surface area contributed by atoms with Crippen LogP contribution in [0.1, 0.15) is 65.0 Å². The molecule has 1 N–H and O–H groups in total.